The number of fused-ring (bicyclic) bond motifs is 9. The molecule has 0 N–H and O–H groups in total. The van der Waals surface area contributed by atoms with Gasteiger partial charge in [0, 0.05) is 44.3 Å². The van der Waals surface area contributed by atoms with Crippen LogP contribution >= 0.6 is 0 Å². The van der Waals surface area contributed by atoms with Crippen molar-refractivity contribution in [3.8, 4) is 51.0 Å². The lowest BCUT2D eigenvalue weighted by Gasteiger charge is -2.13. The van der Waals surface area contributed by atoms with Crippen molar-refractivity contribution < 1.29 is 4.42 Å². The highest BCUT2D eigenvalue weighted by atomic mass is 16.3. The Balaban J connectivity index is 1.10. The van der Waals surface area contributed by atoms with Crippen molar-refractivity contribution in [1.82, 2.24) is 19.5 Å². The summed E-state index contributed by atoms with van der Waals surface area (Å²) in [6, 6.07) is 72.9. The van der Waals surface area contributed by atoms with Gasteiger partial charge in [0.2, 0.25) is 0 Å². The third kappa shape index (κ3) is 5.52. The molecule has 0 saturated carbocycles. The highest BCUT2D eigenvalue weighted by molar-refractivity contribution is 6.18. The van der Waals surface area contributed by atoms with E-state index < -0.39 is 0 Å². The van der Waals surface area contributed by atoms with Crippen molar-refractivity contribution in [1.29, 1.82) is 0 Å². The molecule has 0 atom stereocenters. The van der Waals surface area contributed by atoms with Crippen molar-refractivity contribution in [2.45, 2.75) is 0 Å². The van der Waals surface area contributed by atoms with Crippen LogP contribution in [0.1, 0.15) is 0 Å². The summed E-state index contributed by atoms with van der Waals surface area (Å²) < 4.78 is 9.15. The summed E-state index contributed by atoms with van der Waals surface area (Å²) in [6.45, 7) is 0. The Bertz CT molecular complexity index is 3830. The molecule has 0 aliphatic rings. The van der Waals surface area contributed by atoms with Crippen LogP contribution in [-0.2, 0) is 0 Å². The first-order valence-corrected chi connectivity index (χ1v) is 20.9. The largest absolute Gasteiger partial charge is 0.456 e. The van der Waals surface area contributed by atoms with Crippen LogP contribution in [0.5, 0.6) is 0 Å². The number of hydrogen-bond donors (Lipinski definition) is 0. The van der Waals surface area contributed by atoms with E-state index in [1.165, 1.54) is 32.3 Å². The van der Waals surface area contributed by atoms with Gasteiger partial charge < -0.3 is 8.98 Å². The molecule has 13 rings (SSSR count). The van der Waals surface area contributed by atoms with E-state index in [1.54, 1.807) is 0 Å². The molecule has 0 bridgehead atoms. The zero-order valence-corrected chi connectivity index (χ0v) is 33.3. The Morgan fingerprint density at radius 1 is 0.323 bits per heavy atom. The van der Waals surface area contributed by atoms with E-state index in [1.807, 2.05) is 18.2 Å². The normalized spacial score (nSPS) is 11.9. The lowest BCUT2D eigenvalue weighted by molar-refractivity contribution is 0.668. The molecule has 0 aliphatic heterocycles. The van der Waals surface area contributed by atoms with Crippen molar-refractivity contribution in [2.24, 2.45) is 0 Å². The molecule has 0 fully saturated rings. The van der Waals surface area contributed by atoms with E-state index >= 15 is 0 Å². The lowest BCUT2D eigenvalue weighted by atomic mass is 10.0. The second-order valence-electron chi connectivity index (χ2n) is 16.0. The molecule has 5 nitrogen and oxygen atoms in total. The lowest BCUT2D eigenvalue weighted by Crippen LogP contribution is -2.02. The zero-order valence-electron chi connectivity index (χ0n) is 33.3. The maximum atomic E-state index is 6.77. The van der Waals surface area contributed by atoms with Crippen LogP contribution in [0.25, 0.3) is 127 Å². The molecule has 10 aromatic carbocycles. The second kappa shape index (κ2) is 13.6. The molecule has 0 amide bonds. The first-order chi connectivity index (χ1) is 30.7. The summed E-state index contributed by atoms with van der Waals surface area (Å²) in [5.41, 5.74) is 9.72. The third-order valence-electron chi connectivity index (χ3n) is 12.4. The summed E-state index contributed by atoms with van der Waals surface area (Å²) in [4.78, 5) is 15.9. The minimum atomic E-state index is 0.570. The Hall–Kier alpha value is -8.41. The zero-order chi connectivity index (χ0) is 40.7. The molecule has 0 saturated heterocycles. The van der Waals surface area contributed by atoms with E-state index in [0.29, 0.717) is 17.5 Å². The van der Waals surface area contributed by atoms with E-state index in [0.717, 1.165) is 77.2 Å². The van der Waals surface area contributed by atoms with Crippen LogP contribution in [0, 0.1) is 0 Å². The van der Waals surface area contributed by atoms with Crippen molar-refractivity contribution in [3.05, 3.63) is 206 Å². The summed E-state index contributed by atoms with van der Waals surface area (Å²) in [5.74, 6) is 1.77. The Kier molecular flexibility index (Phi) is 7.54. The number of para-hydroxylation sites is 1. The Labute approximate surface area is 355 Å². The van der Waals surface area contributed by atoms with E-state index in [2.05, 4.69) is 193 Å². The van der Waals surface area contributed by atoms with E-state index in [4.69, 9.17) is 19.4 Å². The predicted octanol–water partition coefficient (Wildman–Crippen LogP) is 15.0. The van der Waals surface area contributed by atoms with Gasteiger partial charge in [-0.3, -0.25) is 0 Å². The van der Waals surface area contributed by atoms with Gasteiger partial charge in [0.25, 0.3) is 0 Å². The van der Waals surface area contributed by atoms with Gasteiger partial charge in [0.1, 0.15) is 11.2 Å². The topological polar surface area (TPSA) is 56.7 Å². The first-order valence-electron chi connectivity index (χ1n) is 20.9. The van der Waals surface area contributed by atoms with Gasteiger partial charge in [0.05, 0.1) is 16.7 Å². The van der Waals surface area contributed by atoms with Gasteiger partial charge in [-0.05, 0) is 85.9 Å². The van der Waals surface area contributed by atoms with Crippen LogP contribution in [0.2, 0.25) is 0 Å². The van der Waals surface area contributed by atoms with Crippen molar-refractivity contribution >= 4 is 76.1 Å². The first kappa shape index (κ1) is 34.5. The smallest absolute Gasteiger partial charge is 0.164 e. The van der Waals surface area contributed by atoms with Gasteiger partial charge in [-0.15, -0.1) is 0 Å². The predicted molar refractivity (Wildman–Crippen MR) is 256 cm³/mol. The molecule has 0 aliphatic carbocycles. The molecule has 3 heterocycles. The number of aromatic nitrogens is 4. The number of rotatable bonds is 5. The van der Waals surface area contributed by atoms with E-state index in [-0.39, 0.29) is 0 Å². The highest BCUT2D eigenvalue weighted by Gasteiger charge is 2.22. The fourth-order valence-electron chi connectivity index (χ4n) is 9.34. The van der Waals surface area contributed by atoms with Gasteiger partial charge in [-0.25, -0.2) is 15.0 Å². The molecule has 0 radical (unpaired) electrons. The average molecular weight is 791 g/mol. The van der Waals surface area contributed by atoms with Crippen LogP contribution in [0.4, 0.5) is 0 Å². The molecular formula is C57H34N4O. The highest BCUT2D eigenvalue weighted by Crippen LogP contribution is 2.42. The molecule has 62 heavy (non-hydrogen) atoms. The summed E-state index contributed by atoms with van der Waals surface area (Å²) in [7, 11) is 0. The van der Waals surface area contributed by atoms with Gasteiger partial charge >= 0.3 is 0 Å². The molecule has 5 heteroatoms. The molecule has 13 aromatic rings. The van der Waals surface area contributed by atoms with Gasteiger partial charge in [0.15, 0.2) is 17.5 Å². The monoisotopic (exact) mass is 790 g/mol. The average Bonchev–Trinajstić information content (AvgIpc) is 3.86. The molecule has 3 aromatic heterocycles. The maximum absolute atomic E-state index is 6.77. The van der Waals surface area contributed by atoms with Gasteiger partial charge in [-0.2, -0.15) is 0 Å². The SMILES string of the molecule is c1ccc(-c2ccc(-c3nc(-c4ccc5ccccc5c4)nc(-c4cc(-n5c6cc7ccccc7cc6c6cc7ccccc7cc65)cc5oc6ccccc6c45)n3)cc2)cc1. The Morgan fingerprint density at radius 2 is 0.823 bits per heavy atom. The van der Waals surface area contributed by atoms with Crippen molar-refractivity contribution in [2.75, 3.05) is 0 Å². The third-order valence-corrected chi connectivity index (χ3v) is 12.4. The number of nitrogens with zero attached hydrogens (tertiary/aromatic N) is 4. The fraction of sp³-hybridized carbons (Fsp3) is 0. The maximum Gasteiger partial charge on any atom is 0.164 e. The quantitative estimate of drug-likeness (QED) is 0.174. The van der Waals surface area contributed by atoms with E-state index in [9.17, 15) is 0 Å². The van der Waals surface area contributed by atoms with Crippen molar-refractivity contribution in [3.63, 3.8) is 0 Å². The minimum absolute atomic E-state index is 0.570. The van der Waals surface area contributed by atoms with Crippen LogP contribution in [0.15, 0.2) is 211 Å². The molecule has 0 spiro atoms. The summed E-state index contributed by atoms with van der Waals surface area (Å²) in [6.07, 6.45) is 0. The molecular weight excluding hydrogens is 757 g/mol. The van der Waals surface area contributed by atoms with Crippen LogP contribution in [0.3, 0.4) is 0 Å². The van der Waals surface area contributed by atoms with Crippen LogP contribution in [-0.4, -0.2) is 19.5 Å². The van der Waals surface area contributed by atoms with Gasteiger partial charge in [-0.1, -0.05) is 158 Å². The standard InChI is InChI=1S/C57H34N4O/c1-2-12-35(13-3-1)37-22-25-38(26-23-37)55-58-56(44-27-24-36-14-4-5-15-39(36)28-44)60-57(59-55)49-33-45(34-53-54(49)46-20-10-11-21-52(46)62-53)61-50-31-42-18-8-6-16-40(42)29-47(50)48-30-41-17-7-9-19-43(41)32-51(48)61/h1-34H. The number of furan rings is 1. The van der Waals surface area contributed by atoms with Crippen LogP contribution < -0.4 is 0 Å². The molecule has 0 unspecified atom stereocenters. The summed E-state index contributed by atoms with van der Waals surface area (Å²) >= 11 is 0. The summed E-state index contributed by atoms with van der Waals surface area (Å²) in [5, 5.41) is 11.4. The number of benzene rings is 10. The number of hydrogen-bond acceptors (Lipinski definition) is 4. The molecule has 288 valence electrons. The second-order valence-corrected chi connectivity index (χ2v) is 16.0. The Morgan fingerprint density at radius 3 is 1.50 bits per heavy atom. The fourth-order valence-corrected chi connectivity index (χ4v) is 9.34. The minimum Gasteiger partial charge on any atom is -0.456 e.